The van der Waals surface area contributed by atoms with Crippen molar-refractivity contribution >= 4 is 46.4 Å². The Hall–Kier alpha value is -8.28. The summed E-state index contributed by atoms with van der Waals surface area (Å²) in [6.07, 6.45) is 0.482. The summed E-state index contributed by atoms with van der Waals surface area (Å²) >= 11 is 0. The van der Waals surface area contributed by atoms with Gasteiger partial charge in [-0.2, -0.15) is 10.2 Å². The number of rotatable bonds is 26. The van der Waals surface area contributed by atoms with Crippen molar-refractivity contribution < 1.29 is 33.4 Å². The number of likely N-dealkylation sites (N-methyl/N-ethyl adjacent to an activating group) is 1. The summed E-state index contributed by atoms with van der Waals surface area (Å²) in [4.78, 5) is 60.2. The van der Waals surface area contributed by atoms with Crippen LogP contribution in [0.25, 0.3) is 11.4 Å². The molecule has 0 spiro atoms. The number of ether oxygens (including phenoxy) is 3. The van der Waals surface area contributed by atoms with Crippen molar-refractivity contribution in [3.63, 3.8) is 0 Å². The number of fused-ring (bicyclic) bond motifs is 2. The van der Waals surface area contributed by atoms with Crippen LogP contribution in [-0.2, 0) is 41.6 Å². The number of hydrogen-bond donors (Lipinski definition) is 2. The fourth-order valence-electron chi connectivity index (χ4n) is 8.73. The van der Waals surface area contributed by atoms with Crippen LogP contribution in [0, 0.1) is 18.8 Å². The van der Waals surface area contributed by atoms with E-state index in [-0.39, 0.29) is 36.5 Å². The third-order valence-corrected chi connectivity index (χ3v) is 13.1. The maximum Gasteiger partial charge on any atom is 0.251 e. The molecule has 1 fully saturated rings. The molecule has 2 N–H and O–H groups in total. The van der Waals surface area contributed by atoms with Gasteiger partial charge in [0, 0.05) is 99.7 Å². The first-order valence-corrected chi connectivity index (χ1v) is 26.5. The lowest BCUT2D eigenvalue weighted by Gasteiger charge is -2.36. The predicted octanol–water partition coefficient (Wildman–Crippen LogP) is 6.49. The quantitative estimate of drug-likeness (QED) is 0.0339. The number of nitrogens with zero attached hydrogens (tertiary/aromatic N) is 10. The maximum absolute atomic E-state index is 13.4. The molecular formula is C59H66N12O7. The summed E-state index contributed by atoms with van der Waals surface area (Å²) in [6, 6.07) is 38.0. The number of carbonyl (C=O) groups is 4. The van der Waals surface area contributed by atoms with Crippen LogP contribution in [0.3, 0.4) is 0 Å². The molecule has 78 heavy (non-hydrogen) atoms. The topological polar surface area (TPSA) is 209 Å². The lowest BCUT2D eigenvalue weighted by molar-refractivity contribution is -0.132. The van der Waals surface area contributed by atoms with Crippen LogP contribution in [-0.4, -0.2) is 152 Å². The summed E-state index contributed by atoms with van der Waals surface area (Å²) in [5.74, 6) is 6.93. The number of aryl methyl sites for hydroxylation is 1. The van der Waals surface area contributed by atoms with E-state index in [2.05, 4.69) is 82.0 Å². The van der Waals surface area contributed by atoms with Gasteiger partial charge in [-0.3, -0.25) is 24.1 Å². The third kappa shape index (κ3) is 16.9. The van der Waals surface area contributed by atoms with Crippen LogP contribution < -0.4 is 20.4 Å². The molecule has 1 saturated heterocycles. The van der Waals surface area contributed by atoms with E-state index in [0.717, 1.165) is 77.6 Å². The number of nitrogens with one attached hydrogen (secondary N) is 2. The molecule has 8 rings (SSSR count). The highest BCUT2D eigenvalue weighted by Crippen LogP contribution is 2.27. The van der Waals surface area contributed by atoms with Crippen LogP contribution in [0.2, 0.25) is 0 Å². The Balaban J connectivity index is 0.627. The summed E-state index contributed by atoms with van der Waals surface area (Å²) in [5.41, 5.74) is 8.07. The van der Waals surface area contributed by atoms with Gasteiger partial charge in [-0.25, -0.2) is 0 Å². The number of hydrogen-bond acceptors (Lipinski definition) is 15. The zero-order valence-electron chi connectivity index (χ0n) is 44.3. The molecule has 6 aromatic rings. The Labute approximate surface area is 455 Å². The molecule has 1 aromatic heterocycles. The molecule has 0 unspecified atom stereocenters. The van der Waals surface area contributed by atoms with E-state index in [1.165, 1.54) is 0 Å². The SMILES string of the molecule is CCN(CCN1CCN(C(=O)Cc2ccc(-c3nnc(C)nn3)cc2)CC1)c1ccc(N=Nc2ccc(C(=O)NCCOCCOCCOCCNC(=O)CCC(=O)N3Cc4ccccc4C#Cc4ccccc43)cc2)cc1. The maximum atomic E-state index is 13.4. The van der Waals surface area contributed by atoms with Gasteiger partial charge in [0.15, 0.2) is 5.82 Å². The van der Waals surface area contributed by atoms with E-state index >= 15 is 0 Å². The fraction of sp³-hybridized carbons (Fsp3) is 0.356. The van der Waals surface area contributed by atoms with Gasteiger partial charge >= 0.3 is 0 Å². The van der Waals surface area contributed by atoms with Crippen molar-refractivity contribution in [3.8, 4) is 23.2 Å². The van der Waals surface area contributed by atoms with Crippen LogP contribution >= 0.6 is 0 Å². The molecule has 0 radical (unpaired) electrons. The van der Waals surface area contributed by atoms with Crippen molar-refractivity contribution in [1.82, 2.24) is 40.8 Å². The van der Waals surface area contributed by atoms with Gasteiger partial charge in [0.2, 0.25) is 23.5 Å². The zero-order valence-corrected chi connectivity index (χ0v) is 44.3. The minimum absolute atomic E-state index is 0.0651. The number of carbonyl (C=O) groups excluding carboxylic acids is 4. The lowest BCUT2D eigenvalue weighted by Crippen LogP contribution is -2.50. The molecule has 2 aliphatic heterocycles. The van der Waals surface area contributed by atoms with E-state index in [1.54, 1.807) is 36.1 Å². The number of piperazine rings is 1. The normalized spacial score (nSPS) is 13.2. The van der Waals surface area contributed by atoms with Gasteiger partial charge in [-0.05, 0) is 91.7 Å². The van der Waals surface area contributed by atoms with Crippen molar-refractivity contribution in [2.75, 3.05) is 108 Å². The van der Waals surface area contributed by atoms with Gasteiger partial charge in [0.1, 0.15) is 0 Å². The Kier molecular flexibility index (Phi) is 21.0. The van der Waals surface area contributed by atoms with Crippen molar-refractivity contribution in [3.05, 3.63) is 155 Å². The molecule has 0 atom stereocenters. The Morgan fingerprint density at radius 2 is 1.24 bits per heavy atom. The van der Waals surface area contributed by atoms with Crippen LogP contribution in [0.5, 0.6) is 0 Å². The predicted molar refractivity (Wildman–Crippen MR) is 297 cm³/mol. The molecule has 0 aliphatic carbocycles. The number of benzene rings is 5. The molecule has 404 valence electrons. The number of aromatic nitrogens is 4. The number of azo groups is 1. The number of para-hydroxylation sites is 1. The van der Waals surface area contributed by atoms with Crippen LogP contribution in [0.1, 0.15) is 58.2 Å². The fourth-order valence-corrected chi connectivity index (χ4v) is 8.73. The van der Waals surface area contributed by atoms with Gasteiger partial charge in [-0.15, -0.1) is 20.4 Å². The van der Waals surface area contributed by atoms with Crippen LogP contribution in [0.15, 0.2) is 132 Å². The summed E-state index contributed by atoms with van der Waals surface area (Å²) in [6.45, 7) is 12.7. The minimum atomic E-state index is -0.220. The van der Waals surface area contributed by atoms with Crippen molar-refractivity contribution in [2.45, 2.75) is 39.7 Å². The summed E-state index contributed by atoms with van der Waals surface area (Å²) in [5, 5.41) is 30.6. The average Bonchev–Trinajstić information content (AvgIpc) is 3.48. The Morgan fingerprint density at radius 1 is 0.641 bits per heavy atom. The smallest absolute Gasteiger partial charge is 0.251 e. The monoisotopic (exact) mass is 1050 g/mol. The third-order valence-electron chi connectivity index (χ3n) is 13.1. The molecule has 0 bridgehead atoms. The summed E-state index contributed by atoms with van der Waals surface area (Å²) in [7, 11) is 0. The molecule has 5 aromatic carbocycles. The second-order valence-electron chi connectivity index (χ2n) is 18.6. The zero-order chi connectivity index (χ0) is 54.3. The van der Waals surface area contributed by atoms with Gasteiger partial charge in [-0.1, -0.05) is 66.4 Å². The Bertz CT molecular complexity index is 3010. The molecular weight excluding hydrogens is 989 g/mol. The minimum Gasteiger partial charge on any atom is -0.377 e. The van der Waals surface area contributed by atoms with Crippen LogP contribution in [0.4, 0.5) is 22.7 Å². The van der Waals surface area contributed by atoms with Crippen molar-refractivity contribution in [1.29, 1.82) is 0 Å². The van der Waals surface area contributed by atoms with E-state index in [1.807, 2.05) is 89.8 Å². The second-order valence-corrected chi connectivity index (χ2v) is 18.6. The van der Waals surface area contributed by atoms with Gasteiger partial charge < -0.3 is 39.5 Å². The first kappa shape index (κ1) is 55.9. The van der Waals surface area contributed by atoms with Gasteiger partial charge in [0.05, 0.1) is 69.7 Å². The lowest BCUT2D eigenvalue weighted by atomic mass is 10.0. The molecule has 3 heterocycles. The summed E-state index contributed by atoms with van der Waals surface area (Å²) < 4.78 is 16.8. The standard InChI is InChI=1S/C59H66N12O7/c1-3-69(33-30-68-31-34-70(35-32-68)57(74)42-45-12-14-48(15-13-45)58-66-62-44(2)63-67-58)53-24-22-52(23-25-53)65-64-51-20-18-49(19-21-51)59(75)61-29-37-77-39-41-78-40-38-76-36-28-60-55(72)26-27-56(73)71-43-50-10-5-4-8-46(50)16-17-47-9-6-7-11-54(47)71/h4-15,18-25H,3,26-43H2,1-2H3,(H,60,72)(H,61,75). The first-order chi connectivity index (χ1) is 38.2. The van der Waals surface area contributed by atoms with E-state index in [9.17, 15) is 19.2 Å². The number of anilines is 2. The van der Waals surface area contributed by atoms with E-state index in [4.69, 9.17) is 14.2 Å². The highest BCUT2D eigenvalue weighted by atomic mass is 16.5. The average molecular weight is 1060 g/mol. The first-order valence-electron chi connectivity index (χ1n) is 26.5. The molecule has 2 aliphatic rings. The largest absolute Gasteiger partial charge is 0.377 e. The second kappa shape index (κ2) is 29.3. The van der Waals surface area contributed by atoms with Gasteiger partial charge in [0.25, 0.3) is 5.91 Å². The molecule has 19 nitrogen and oxygen atoms in total. The molecule has 0 saturated carbocycles. The highest BCUT2D eigenvalue weighted by molar-refractivity contribution is 5.97. The van der Waals surface area contributed by atoms with E-state index in [0.29, 0.717) is 102 Å². The van der Waals surface area contributed by atoms with Crippen molar-refractivity contribution in [2.24, 2.45) is 10.2 Å². The molecule has 4 amide bonds. The number of amides is 4. The Morgan fingerprint density at radius 3 is 1.92 bits per heavy atom. The van der Waals surface area contributed by atoms with E-state index < -0.39 is 0 Å². The highest BCUT2D eigenvalue weighted by Gasteiger charge is 2.23. The molecule has 19 heteroatoms.